The van der Waals surface area contributed by atoms with Crippen molar-refractivity contribution in [1.29, 1.82) is 0 Å². The molecule has 2 aromatic carbocycles. The van der Waals surface area contributed by atoms with Crippen molar-refractivity contribution in [2.24, 2.45) is 0 Å². The molecule has 26 heavy (non-hydrogen) atoms. The number of thioether (sulfide) groups is 1. The van der Waals surface area contributed by atoms with Crippen molar-refractivity contribution < 1.29 is 9.13 Å². The molecule has 2 heterocycles. The van der Waals surface area contributed by atoms with Crippen LogP contribution in [-0.2, 0) is 4.74 Å². The minimum Gasteiger partial charge on any atom is -0.377 e. The van der Waals surface area contributed by atoms with Crippen molar-refractivity contribution in [1.82, 2.24) is 9.55 Å². The molecule has 0 radical (unpaired) electrons. The zero-order valence-corrected chi connectivity index (χ0v) is 15.3. The van der Waals surface area contributed by atoms with E-state index in [4.69, 9.17) is 4.74 Å². The summed E-state index contributed by atoms with van der Waals surface area (Å²) in [5, 5.41) is 1.09. The number of aromatic nitrogens is 2. The molecule has 0 amide bonds. The number of rotatable bonds is 4. The normalized spacial score (nSPS) is 17.1. The van der Waals surface area contributed by atoms with Gasteiger partial charge >= 0.3 is 0 Å². The summed E-state index contributed by atoms with van der Waals surface area (Å²) >= 11 is 1.48. The zero-order chi connectivity index (χ0) is 18.1. The van der Waals surface area contributed by atoms with Crippen LogP contribution >= 0.6 is 11.8 Å². The average Bonchev–Trinajstić information content (AvgIpc) is 3.16. The maximum atomic E-state index is 14.1. The van der Waals surface area contributed by atoms with E-state index in [1.54, 1.807) is 25.1 Å². The fourth-order valence-electron chi connectivity index (χ4n) is 3.10. The number of fused-ring (bicyclic) bond motifs is 1. The van der Waals surface area contributed by atoms with Crippen LogP contribution in [0.15, 0.2) is 52.4 Å². The van der Waals surface area contributed by atoms with Crippen molar-refractivity contribution in [2.45, 2.75) is 31.0 Å². The van der Waals surface area contributed by atoms with E-state index >= 15 is 0 Å². The molecule has 1 fully saturated rings. The summed E-state index contributed by atoms with van der Waals surface area (Å²) in [6, 6.07) is 12.1. The lowest BCUT2D eigenvalue weighted by atomic mass is 10.2. The van der Waals surface area contributed by atoms with E-state index in [0.717, 1.165) is 25.2 Å². The molecule has 1 atom stereocenters. The van der Waals surface area contributed by atoms with Gasteiger partial charge in [-0.3, -0.25) is 9.36 Å². The van der Waals surface area contributed by atoms with Crippen molar-refractivity contribution in [3.8, 4) is 5.69 Å². The van der Waals surface area contributed by atoms with Crippen LogP contribution in [0.25, 0.3) is 16.6 Å². The summed E-state index contributed by atoms with van der Waals surface area (Å²) in [6.45, 7) is 2.49. The summed E-state index contributed by atoms with van der Waals surface area (Å²) < 4.78 is 21.3. The Labute approximate surface area is 155 Å². The van der Waals surface area contributed by atoms with Crippen LogP contribution in [0.4, 0.5) is 4.39 Å². The Morgan fingerprint density at radius 2 is 2.15 bits per heavy atom. The Hall–Kier alpha value is -2.18. The first-order chi connectivity index (χ1) is 12.6. The van der Waals surface area contributed by atoms with Gasteiger partial charge in [0.2, 0.25) is 0 Å². The van der Waals surface area contributed by atoms with E-state index in [1.165, 1.54) is 22.4 Å². The van der Waals surface area contributed by atoms with E-state index in [0.29, 0.717) is 27.3 Å². The fourth-order valence-corrected chi connectivity index (χ4v) is 4.18. The largest absolute Gasteiger partial charge is 0.377 e. The summed E-state index contributed by atoms with van der Waals surface area (Å²) in [7, 11) is 0. The highest BCUT2D eigenvalue weighted by Crippen LogP contribution is 2.25. The number of benzene rings is 2. The Bertz CT molecular complexity index is 1010. The fraction of sp³-hybridized carbons (Fsp3) is 0.300. The molecule has 1 aliphatic rings. The van der Waals surface area contributed by atoms with E-state index in [2.05, 4.69) is 4.98 Å². The van der Waals surface area contributed by atoms with Crippen LogP contribution in [0.1, 0.15) is 18.4 Å². The monoisotopic (exact) mass is 370 g/mol. The molecule has 1 unspecified atom stereocenters. The van der Waals surface area contributed by atoms with E-state index in [1.807, 2.05) is 18.2 Å². The number of hydrogen-bond donors (Lipinski definition) is 0. The van der Waals surface area contributed by atoms with Gasteiger partial charge in [0.25, 0.3) is 5.56 Å². The van der Waals surface area contributed by atoms with E-state index in [-0.39, 0.29) is 17.5 Å². The number of nitrogens with zero attached hydrogens (tertiary/aromatic N) is 2. The van der Waals surface area contributed by atoms with Gasteiger partial charge in [0.05, 0.1) is 22.7 Å². The molecular weight excluding hydrogens is 351 g/mol. The standard InChI is InChI=1S/C20H19FN2O2S/c1-13-8-9-14(11-17(13)21)23-19(24)16-6-2-3-7-18(16)22-20(23)26-12-15-5-4-10-25-15/h2-3,6-9,11,15H,4-5,10,12H2,1H3. The first kappa shape index (κ1) is 17.2. The first-order valence-corrected chi connectivity index (χ1v) is 9.65. The molecule has 0 spiro atoms. The SMILES string of the molecule is Cc1ccc(-n2c(SCC3CCCO3)nc3ccccc3c2=O)cc1F. The van der Waals surface area contributed by atoms with Gasteiger partial charge in [-0.2, -0.15) is 0 Å². The highest BCUT2D eigenvalue weighted by atomic mass is 32.2. The maximum Gasteiger partial charge on any atom is 0.266 e. The molecule has 0 bridgehead atoms. The highest BCUT2D eigenvalue weighted by molar-refractivity contribution is 7.99. The van der Waals surface area contributed by atoms with Gasteiger partial charge in [-0.25, -0.2) is 9.37 Å². The molecule has 6 heteroatoms. The summed E-state index contributed by atoms with van der Waals surface area (Å²) in [5.74, 6) is 0.386. The smallest absolute Gasteiger partial charge is 0.266 e. The minimum atomic E-state index is -0.336. The second-order valence-corrected chi connectivity index (χ2v) is 7.42. The molecule has 4 rings (SSSR count). The van der Waals surface area contributed by atoms with Gasteiger partial charge in [-0.05, 0) is 49.6 Å². The van der Waals surface area contributed by atoms with Crippen LogP contribution in [0.2, 0.25) is 0 Å². The first-order valence-electron chi connectivity index (χ1n) is 8.66. The Kier molecular flexibility index (Phi) is 4.78. The van der Waals surface area contributed by atoms with Gasteiger partial charge in [-0.1, -0.05) is 30.0 Å². The predicted molar refractivity (Wildman–Crippen MR) is 102 cm³/mol. The molecule has 4 nitrogen and oxygen atoms in total. The number of hydrogen-bond acceptors (Lipinski definition) is 4. The molecule has 0 N–H and O–H groups in total. The summed E-state index contributed by atoms with van der Waals surface area (Å²) in [4.78, 5) is 17.8. The number of aryl methyl sites for hydroxylation is 1. The molecule has 1 saturated heterocycles. The van der Waals surface area contributed by atoms with Gasteiger partial charge in [-0.15, -0.1) is 0 Å². The Balaban J connectivity index is 1.84. The van der Waals surface area contributed by atoms with Crippen molar-refractivity contribution in [3.05, 3.63) is 64.2 Å². The van der Waals surface area contributed by atoms with Crippen molar-refractivity contribution in [3.63, 3.8) is 0 Å². The van der Waals surface area contributed by atoms with Gasteiger partial charge in [0, 0.05) is 12.4 Å². The molecule has 1 aromatic heterocycles. The lowest BCUT2D eigenvalue weighted by Gasteiger charge is -2.15. The number of ether oxygens (including phenoxy) is 1. The number of halogens is 1. The van der Waals surface area contributed by atoms with Gasteiger partial charge < -0.3 is 4.74 Å². The molecule has 1 aliphatic heterocycles. The third-order valence-corrected chi connectivity index (χ3v) is 5.65. The quantitative estimate of drug-likeness (QED) is 0.512. The molecule has 0 aliphatic carbocycles. The zero-order valence-electron chi connectivity index (χ0n) is 14.4. The molecule has 0 saturated carbocycles. The maximum absolute atomic E-state index is 14.1. The third kappa shape index (κ3) is 3.27. The second kappa shape index (κ2) is 7.21. The highest BCUT2D eigenvalue weighted by Gasteiger charge is 2.19. The minimum absolute atomic E-state index is 0.173. The molecule has 134 valence electrons. The summed E-state index contributed by atoms with van der Waals surface area (Å²) in [5.41, 5.74) is 1.50. The Morgan fingerprint density at radius 3 is 2.92 bits per heavy atom. The van der Waals surface area contributed by atoms with E-state index in [9.17, 15) is 9.18 Å². The van der Waals surface area contributed by atoms with Crippen LogP contribution in [0, 0.1) is 12.7 Å². The van der Waals surface area contributed by atoms with E-state index < -0.39 is 0 Å². The van der Waals surface area contributed by atoms with Crippen LogP contribution < -0.4 is 5.56 Å². The number of para-hydroxylation sites is 1. The van der Waals surface area contributed by atoms with Gasteiger partial charge in [0.1, 0.15) is 5.82 Å². The predicted octanol–water partition coefficient (Wildman–Crippen LogP) is 4.10. The van der Waals surface area contributed by atoms with Crippen LogP contribution in [0.3, 0.4) is 0 Å². The van der Waals surface area contributed by atoms with Crippen molar-refractivity contribution in [2.75, 3.05) is 12.4 Å². The summed E-state index contributed by atoms with van der Waals surface area (Å²) in [6.07, 6.45) is 2.25. The second-order valence-electron chi connectivity index (χ2n) is 6.43. The molecular formula is C20H19FN2O2S. The Morgan fingerprint density at radius 1 is 1.31 bits per heavy atom. The lowest BCUT2D eigenvalue weighted by molar-refractivity contribution is 0.129. The van der Waals surface area contributed by atoms with Crippen molar-refractivity contribution >= 4 is 22.7 Å². The topological polar surface area (TPSA) is 44.1 Å². The van der Waals surface area contributed by atoms with Crippen LogP contribution in [0.5, 0.6) is 0 Å². The molecule has 3 aromatic rings. The van der Waals surface area contributed by atoms with Gasteiger partial charge in [0.15, 0.2) is 5.16 Å². The third-order valence-electron chi connectivity index (χ3n) is 4.58. The van der Waals surface area contributed by atoms with Crippen LogP contribution in [-0.4, -0.2) is 28.0 Å². The average molecular weight is 370 g/mol. The lowest BCUT2D eigenvalue weighted by Crippen LogP contribution is -2.22.